The predicted molar refractivity (Wildman–Crippen MR) is 86.0 cm³/mol. The summed E-state index contributed by atoms with van der Waals surface area (Å²) in [5, 5.41) is 2.16. The molecule has 0 atom stereocenters. The summed E-state index contributed by atoms with van der Waals surface area (Å²) in [7, 11) is -4.20. The van der Waals surface area contributed by atoms with Crippen molar-refractivity contribution in [3.63, 3.8) is 0 Å². The number of hydrogen-bond acceptors (Lipinski definition) is 4. The third kappa shape index (κ3) is 6.38. The maximum Gasteiger partial charge on any atom is 0.244 e. The van der Waals surface area contributed by atoms with E-state index in [1.807, 2.05) is 0 Å². The second-order valence-electron chi connectivity index (χ2n) is 5.70. The third-order valence-corrected chi connectivity index (χ3v) is 4.17. The Kier molecular flexibility index (Phi) is 7.55. The van der Waals surface area contributed by atoms with E-state index in [0.717, 1.165) is 6.07 Å². The molecule has 0 saturated carbocycles. The summed E-state index contributed by atoms with van der Waals surface area (Å²) in [5.74, 6) is -2.91. The molecular formula is C13H20ClF2N3O3S. The van der Waals surface area contributed by atoms with Crippen molar-refractivity contribution in [2.75, 3.05) is 11.9 Å². The summed E-state index contributed by atoms with van der Waals surface area (Å²) in [5.41, 5.74) is 3.93. The highest BCUT2D eigenvalue weighted by Gasteiger charge is 2.26. The van der Waals surface area contributed by atoms with E-state index in [4.69, 9.17) is 5.73 Å². The van der Waals surface area contributed by atoms with Gasteiger partial charge in [-0.15, -0.1) is 12.4 Å². The van der Waals surface area contributed by atoms with Crippen LogP contribution in [0.2, 0.25) is 0 Å². The Balaban J connectivity index is 0.00000484. The second-order valence-corrected chi connectivity index (χ2v) is 7.36. The SMILES string of the molecule is CC(C)(C)NS(=O)(=O)c1cc(NC(=O)CCN)c(F)cc1F.Cl. The second kappa shape index (κ2) is 8.00. The van der Waals surface area contributed by atoms with Crippen molar-refractivity contribution in [1.82, 2.24) is 4.72 Å². The van der Waals surface area contributed by atoms with Crippen LogP contribution in [0.4, 0.5) is 14.5 Å². The van der Waals surface area contributed by atoms with E-state index >= 15 is 0 Å². The molecule has 0 aliphatic rings. The van der Waals surface area contributed by atoms with Crippen LogP contribution in [0.1, 0.15) is 27.2 Å². The molecule has 1 aromatic rings. The maximum absolute atomic E-state index is 13.8. The van der Waals surface area contributed by atoms with Gasteiger partial charge in [0.1, 0.15) is 16.5 Å². The monoisotopic (exact) mass is 371 g/mol. The highest BCUT2D eigenvalue weighted by Crippen LogP contribution is 2.24. The molecule has 0 radical (unpaired) electrons. The molecule has 1 amide bonds. The number of amides is 1. The lowest BCUT2D eigenvalue weighted by Crippen LogP contribution is -2.40. The van der Waals surface area contributed by atoms with Crippen molar-refractivity contribution in [3.8, 4) is 0 Å². The fourth-order valence-electron chi connectivity index (χ4n) is 1.63. The summed E-state index contributed by atoms with van der Waals surface area (Å²) in [4.78, 5) is 10.7. The van der Waals surface area contributed by atoms with E-state index < -0.39 is 43.7 Å². The van der Waals surface area contributed by atoms with Crippen molar-refractivity contribution < 1.29 is 22.0 Å². The van der Waals surface area contributed by atoms with Crippen molar-refractivity contribution in [1.29, 1.82) is 0 Å². The van der Waals surface area contributed by atoms with Crippen LogP contribution in [0, 0.1) is 11.6 Å². The predicted octanol–water partition coefficient (Wildman–Crippen LogP) is 1.75. The Hall–Kier alpha value is -1.29. The van der Waals surface area contributed by atoms with E-state index in [1.165, 1.54) is 0 Å². The molecule has 0 aliphatic carbocycles. The number of anilines is 1. The fraction of sp³-hybridized carbons (Fsp3) is 0.462. The van der Waals surface area contributed by atoms with Crippen LogP contribution in [0.3, 0.4) is 0 Å². The van der Waals surface area contributed by atoms with Crippen molar-refractivity contribution in [2.45, 2.75) is 37.6 Å². The van der Waals surface area contributed by atoms with E-state index in [2.05, 4.69) is 10.0 Å². The lowest BCUT2D eigenvalue weighted by atomic mass is 10.1. The van der Waals surface area contributed by atoms with Gasteiger partial charge in [0, 0.05) is 24.6 Å². The van der Waals surface area contributed by atoms with Crippen LogP contribution in [0.25, 0.3) is 0 Å². The highest BCUT2D eigenvalue weighted by molar-refractivity contribution is 7.89. The first kappa shape index (κ1) is 21.7. The zero-order chi connectivity index (χ0) is 17.1. The van der Waals surface area contributed by atoms with Crippen LogP contribution in [-0.4, -0.2) is 26.4 Å². The molecule has 132 valence electrons. The van der Waals surface area contributed by atoms with Crippen LogP contribution in [0.5, 0.6) is 0 Å². The summed E-state index contributed by atoms with van der Waals surface area (Å²) in [6.45, 7) is 4.78. The zero-order valence-electron chi connectivity index (χ0n) is 12.9. The average molecular weight is 372 g/mol. The van der Waals surface area contributed by atoms with Crippen LogP contribution >= 0.6 is 12.4 Å². The van der Waals surface area contributed by atoms with Crippen molar-refractivity contribution in [2.24, 2.45) is 5.73 Å². The number of carbonyl (C=O) groups is 1. The molecule has 0 unspecified atom stereocenters. The number of carbonyl (C=O) groups excluding carboxylic acids is 1. The number of nitrogens with one attached hydrogen (secondary N) is 2. The normalized spacial score (nSPS) is 11.7. The van der Waals surface area contributed by atoms with Crippen LogP contribution in [-0.2, 0) is 14.8 Å². The van der Waals surface area contributed by atoms with Gasteiger partial charge >= 0.3 is 0 Å². The summed E-state index contributed by atoms with van der Waals surface area (Å²) < 4.78 is 54.0. The van der Waals surface area contributed by atoms with Gasteiger partial charge in [-0.2, -0.15) is 0 Å². The maximum atomic E-state index is 13.8. The molecule has 1 rings (SSSR count). The minimum absolute atomic E-state index is 0. The number of halogens is 3. The Morgan fingerprint density at radius 3 is 2.26 bits per heavy atom. The van der Waals surface area contributed by atoms with Gasteiger partial charge in [0.05, 0.1) is 5.69 Å². The minimum atomic E-state index is -4.20. The lowest BCUT2D eigenvalue weighted by Gasteiger charge is -2.21. The van der Waals surface area contributed by atoms with Crippen LogP contribution < -0.4 is 15.8 Å². The van der Waals surface area contributed by atoms with Gasteiger partial charge in [-0.25, -0.2) is 21.9 Å². The number of benzene rings is 1. The smallest absolute Gasteiger partial charge is 0.244 e. The highest BCUT2D eigenvalue weighted by atomic mass is 35.5. The first-order chi connectivity index (χ1) is 9.96. The summed E-state index contributed by atoms with van der Waals surface area (Å²) >= 11 is 0. The first-order valence-electron chi connectivity index (χ1n) is 6.49. The van der Waals surface area contributed by atoms with E-state index in [-0.39, 0.29) is 25.4 Å². The van der Waals surface area contributed by atoms with E-state index in [9.17, 15) is 22.0 Å². The lowest BCUT2D eigenvalue weighted by molar-refractivity contribution is -0.116. The standard InChI is InChI=1S/C13H19F2N3O3S.ClH/c1-13(2,3)18-22(20,21)11-7-10(8(14)6-9(11)15)17-12(19)4-5-16;/h6-7,18H,4-5,16H2,1-3H3,(H,17,19);1H. The molecule has 0 heterocycles. The fourth-order valence-corrected chi connectivity index (χ4v) is 3.14. The number of rotatable bonds is 5. The quantitative estimate of drug-likeness (QED) is 0.733. The molecular weight excluding hydrogens is 352 g/mol. The van der Waals surface area contributed by atoms with E-state index in [0.29, 0.717) is 6.07 Å². The van der Waals surface area contributed by atoms with Gasteiger partial charge in [-0.05, 0) is 26.8 Å². The molecule has 0 aromatic heterocycles. The van der Waals surface area contributed by atoms with Gasteiger partial charge in [0.25, 0.3) is 0 Å². The van der Waals surface area contributed by atoms with Crippen molar-refractivity contribution in [3.05, 3.63) is 23.8 Å². The van der Waals surface area contributed by atoms with Crippen molar-refractivity contribution >= 4 is 34.0 Å². The largest absolute Gasteiger partial charge is 0.330 e. The molecule has 6 nitrogen and oxygen atoms in total. The number of nitrogens with two attached hydrogens (primary N) is 1. The number of hydrogen-bond donors (Lipinski definition) is 3. The van der Waals surface area contributed by atoms with Gasteiger partial charge in [-0.1, -0.05) is 0 Å². The Labute approximate surface area is 140 Å². The Bertz CT molecular complexity index is 676. The molecule has 0 aliphatic heterocycles. The Morgan fingerprint density at radius 1 is 1.22 bits per heavy atom. The zero-order valence-corrected chi connectivity index (χ0v) is 14.6. The van der Waals surface area contributed by atoms with Gasteiger partial charge < -0.3 is 11.1 Å². The number of sulfonamides is 1. The molecule has 0 fully saturated rings. The van der Waals surface area contributed by atoms with E-state index in [1.54, 1.807) is 20.8 Å². The topological polar surface area (TPSA) is 101 Å². The molecule has 1 aromatic carbocycles. The summed E-state index contributed by atoms with van der Waals surface area (Å²) in [6, 6.07) is 1.16. The molecule has 0 spiro atoms. The van der Waals surface area contributed by atoms with Gasteiger partial charge in [0.2, 0.25) is 15.9 Å². The third-order valence-electron chi connectivity index (χ3n) is 2.40. The van der Waals surface area contributed by atoms with Gasteiger partial charge in [0.15, 0.2) is 0 Å². The Morgan fingerprint density at radius 2 is 1.78 bits per heavy atom. The minimum Gasteiger partial charge on any atom is -0.330 e. The van der Waals surface area contributed by atoms with Gasteiger partial charge in [-0.3, -0.25) is 4.79 Å². The molecule has 0 saturated heterocycles. The molecule has 4 N–H and O–H groups in total. The first-order valence-corrected chi connectivity index (χ1v) is 7.97. The molecule has 0 bridgehead atoms. The molecule has 23 heavy (non-hydrogen) atoms. The summed E-state index contributed by atoms with van der Waals surface area (Å²) in [6.07, 6.45) is -0.0703. The van der Waals surface area contributed by atoms with Crippen LogP contribution in [0.15, 0.2) is 17.0 Å². The average Bonchev–Trinajstić information content (AvgIpc) is 2.29. The molecule has 10 heteroatoms.